The van der Waals surface area contributed by atoms with E-state index in [1.807, 2.05) is 66.9 Å². The van der Waals surface area contributed by atoms with Crippen LogP contribution in [0.2, 0.25) is 0 Å². The fourth-order valence-electron chi connectivity index (χ4n) is 3.08. The minimum Gasteiger partial charge on any atom is -0.322 e. The minimum absolute atomic E-state index is 0.212. The summed E-state index contributed by atoms with van der Waals surface area (Å²) in [4.78, 5) is 30.3. The first kappa shape index (κ1) is 19.0. The van der Waals surface area contributed by atoms with E-state index in [-0.39, 0.29) is 11.5 Å². The van der Waals surface area contributed by atoms with Crippen molar-refractivity contribution in [3.05, 3.63) is 101 Å². The van der Waals surface area contributed by atoms with Crippen molar-refractivity contribution in [2.45, 2.75) is 10.6 Å². The second-order valence-electron chi connectivity index (χ2n) is 6.60. The van der Waals surface area contributed by atoms with Gasteiger partial charge < -0.3 is 9.88 Å². The van der Waals surface area contributed by atoms with Gasteiger partial charge in [-0.15, -0.1) is 11.8 Å². The number of fused-ring (bicyclic) bond motifs is 1. The smallest absolute Gasteiger partial charge is 0.256 e. The Balaban J connectivity index is 1.50. The van der Waals surface area contributed by atoms with Gasteiger partial charge in [-0.25, -0.2) is 0 Å². The third-order valence-corrected chi connectivity index (χ3v) is 5.72. The highest BCUT2D eigenvalue weighted by Crippen LogP contribution is 2.24. The van der Waals surface area contributed by atoms with Crippen molar-refractivity contribution in [2.24, 2.45) is 7.05 Å². The molecule has 0 saturated heterocycles. The van der Waals surface area contributed by atoms with Crippen LogP contribution in [-0.4, -0.2) is 15.5 Å². The fraction of sp³-hybridized carbons (Fsp3) is 0.0870. The highest BCUT2D eigenvalue weighted by Gasteiger charge is 2.13. The van der Waals surface area contributed by atoms with Crippen molar-refractivity contribution >= 4 is 34.3 Å². The highest BCUT2D eigenvalue weighted by atomic mass is 32.2. The summed E-state index contributed by atoms with van der Waals surface area (Å²) in [7, 11) is 1.70. The molecule has 0 aliphatic heterocycles. The van der Waals surface area contributed by atoms with Gasteiger partial charge in [0.1, 0.15) is 0 Å². The summed E-state index contributed by atoms with van der Waals surface area (Å²) in [5.74, 6) is 0.536. The molecule has 4 rings (SSSR count). The third-order valence-electron chi connectivity index (χ3n) is 4.64. The van der Waals surface area contributed by atoms with E-state index >= 15 is 0 Å². The maximum atomic E-state index is 12.8. The largest absolute Gasteiger partial charge is 0.322 e. The van der Waals surface area contributed by atoms with Crippen molar-refractivity contribution in [3.8, 4) is 0 Å². The van der Waals surface area contributed by atoms with Gasteiger partial charge in [-0.3, -0.25) is 14.6 Å². The lowest BCUT2D eigenvalue weighted by Gasteiger charge is -2.11. The second-order valence-corrected chi connectivity index (χ2v) is 7.65. The van der Waals surface area contributed by atoms with E-state index < -0.39 is 0 Å². The maximum Gasteiger partial charge on any atom is 0.256 e. The first-order chi connectivity index (χ1) is 14.1. The van der Waals surface area contributed by atoms with Crippen molar-refractivity contribution in [3.63, 3.8) is 0 Å². The van der Waals surface area contributed by atoms with Gasteiger partial charge in [-0.2, -0.15) is 0 Å². The van der Waals surface area contributed by atoms with Crippen LogP contribution in [0.4, 0.5) is 5.69 Å². The number of carbonyl (C=O) groups excluding carboxylic acids is 1. The van der Waals surface area contributed by atoms with Gasteiger partial charge in [0.05, 0.1) is 11.1 Å². The van der Waals surface area contributed by atoms with Gasteiger partial charge >= 0.3 is 0 Å². The molecule has 0 bridgehead atoms. The predicted molar refractivity (Wildman–Crippen MR) is 117 cm³/mol. The lowest BCUT2D eigenvalue weighted by atomic mass is 10.1. The van der Waals surface area contributed by atoms with E-state index in [2.05, 4.69) is 10.3 Å². The summed E-state index contributed by atoms with van der Waals surface area (Å²) in [5.41, 5.74) is 2.74. The number of benzene rings is 2. The molecule has 0 spiro atoms. The molecular formula is C23H19N3O2S. The number of rotatable bonds is 5. The molecule has 0 aliphatic carbocycles. The Morgan fingerprint density at radius 2 is 1.86 bits per heavy atom. The number of hydrogen-bond donors (Lipinski definition) is 1. The predicted octanol–water partition coefficient (Wildman–Crippen LogP) is 4.48. The molecule has 6 heteroatoms. The Kier molecular flexibility index (Phi) is 5.44. The van der Waals surface area contributed by atoms with Crippen molar-refractivity contribution < 1.29 is 4.79 Å². The standard InChI is InChI=1S/C23H19N3O2S/c1-26-21-7-3-2-6-19(21)20(13-22(26)27)23(28)25-17-8-10-18(11-9-17)29-15-16-5-4-12-24-14-16/h2-14H,15H2,1H3,(H,25,28). The van der Waals surface area contributed by atoms with Crippen molar-refractivity contribution in [2.75, 3.05) is 5.32 Å². The lowest BCUT2D eigenvalue weighted by molar-refractivity contribution is 0.102. The number of pyridine rings is 2. The van der Waals surface area contributed by atoms with Gasteiger partial charge in [0, 0.05) is 47.2 Å². The topological polar surface area (TPSA) is 64.0 Å². The van der Waals surface area contributed by atoms with Crippen LogP contribution in [0, 0.1) is 0 Å². The normalized spacial score (nSPS) is 10.8. The number of nitrogens with one attached hydrogen (secondary N) is 1. The Labute approximate surface area is 172 Å². The number of anilines is 1. The van der Waals surface area contributed by atoms with Crippen LogP contribution in [0.15, 0.2) is 88.8 Å². The summed E-state index contributed by atoms with van der Waals surface area (Å²) in [6.45, 7) is 0. The van der Waals surface area contributed by atoms with E-state index in [0.717, 1.165) is 27.1 Å². The third kappa shape index (κ3) is 4.22. The second kappa shape index (κ2) is 8.32. The maximum absolute atomic E-state index is 12.8. The van der Waals surface area contributed by atoms with Crippen molar-refractivity contribution in [1.82, 2.24) is 9.55 Å². The van der Waals surface area contributed by atoms with Crippen LogP contribution in [0.25, 0.3) is 10.9 Å². The van der Waals surface area contributed by atoms with Crippen LogP contribution in [0.5, 0.6) is 0 Å². The first-order valence-corrected chi connectivity index (χ1v) is 10.1. The average molecular weight is 401 g/mol. The number of amides is 1. The Morgan fingerprint density at radius 1 is 1.07 bits per heavy atom. The molecule has 5 nitrogen and oxygen atoms in total. The Hall–Kier alpha value is -3.38. The summed E-state index contributed by atoms with van der Waals surface area (Å²) in [6, 6.07) is 20.4. The molecule has 1 N–H and O–H groups in total. The Morgan fingerprint density at radius 3 is 2.62 bits per heavy atom. The Bertz CT molecular complexity index is 1220. The van der Waals surface area contributed by atoms with Crippen LogP contribution >= 0.6 is 11.8 Å². The minimum atomic E-state index is -0.297. The molecule has 4 aromatic rings. The lowest BCUT2D eigenvalue weighted by Crippen LogP contribution is -2.21. The molecule has 0 atom stereocenters. The number of carbonyl (C=O) groups is 1. The monoisotopic (exact) mass is 401 g/mol. The average Bonchev–Trinajstić information content (AvgIpc) is 2.76. The molecular weight excluding hydrogens is 382 g/mol. The number of thioether (sulfide) groups is 1. The van der Waals surface area contributed by atoms with Gasteiger partial charge in [-0.05, 0) is 42.0 Å². The number of nitrogens with zero attached hydrogens (tertiary/aromatic N) is 2. The highest BCUT2D eigenvalue weighted by molar-refractivity contribution is 7.98. The first-order valence-electron chi connectivity index (χ1n) is 9.14. The van der Waals surface area contributed by atoms with Gasteiger partial charge in [0.25, 0.3) is 11.5 Å². The van der Waals surface area contributed by atoms with E-state index in [4.69, 9.17) is 0 Å². The zero-order valence-electron chi connectivity index (χ0n) is 15.8. The van der Waals surface area contributed by atoms with E-state index in [1.165, 1.54) is 6.07 Å². The van der Waals surface area contributed by atoms with E-state index in [9.17, 15) is 9.59 Å². The molecule has 0 unspecified atom stereocenters. The molecule has 0 fully saturated rings. The van der Waals surface area contributed by atoms with Crippen LogP contribution in [0.1, 0.15) is 15.9 Å². The quantitative estimate of drug-likeness (QED) is 0.501. The summed E-state index contributed by atoms with van der Waals surface area (Å²) >= 11 is 1.71. The van der Waals surface area contributed by atoms with Gasteiger partial charge in [0.2, 0.25) is 0 Å². The van der Waals surface area contributed by atoms with Gasteiger partial charge in [0.15, 0.2) is 0 Å². The molecule has 144 valence electrons. The van der Waals surface area contributed by atoms with Crippen LogP contribution in [0.3, 0.4) is 0 Å². The number of aryl methyl sites for hydroxylation is 1. The number of hydrogen-bond acceptors (Lipinski definition) is 4. The summed E-state index contributed by atoms with van der Waals surface area (Å²) in [5, 5.41) is 3.64. The number of aromatic nitrogens is 2. The summed E-state index contributed by atoms with van der Waals surface area (Å²) in [6.07, 6.45) is 3.62. The van der Waals surface area contributed by atoms with Gasteiger partial charge in [-0.1, -0.05) is 24.3 Å². The zero-order chi connectivity index (χ0) is 20.2. The molecule has 0 aliphatic rings. The zero-order valence-corrected chi connectivity index (χ0v) is 16.6. The molecule has 2 heterocycles. The fourth-order valence-corrected chi connectivity index (χ4v) is 3.91. The summed E-state index contributed by atoms with van der Waals surface area (Å²) < 4.78 is 1.54. The number of para-hydroxylation sites is 1. The molecule has 2 aromatic carbocycles. The molecule has 1 amide bonds. The molecule has 0 radical (unpaired) electrons. The molecule has 29 heavy (non-hydrogen) atoms. The van der Waals surface area contributed by atoms with Crippen LogP contribution < -0.4 is 10.9 Å². The SMILES string of the molecule is Cn1c(=O)cc(C(=O)Nc2ccc(SCc3cccnc3)cc2)c2ccccc21. The molecule has 2 aromatic heterocycles. The molecule has 0 saturated carbocycles. The van der Waals surface area contributed by atoms with E-state index in [0.29, 0.717) is 11.3 Å². The van der Waals surface area contributed by atoms with Crippen LogP contribution in [-0.2, 0) is 12.8 Å². The van der Waals surface area contributed by atoms with E-state index in [1.54, 1.807) is 29.6 Å². The van der Waals surface area contributed by atoms with Crippen molar-refractivity contribution in [1.29, 1.82) is 0 Å².